The summed E-state index contributed by atoms with van der Waals surface area (Å²) >= 11 is 0. The second-order valence-electron chi connectivity index (χ2n) is 4.21. The molecule has 0 saturated carbocycles. The summed E-state index contributed by atoms with van der Waals surface area (Å²) in [5, 5.41) is 10.1. The molecule has 1 aromatic rings. The molecule has 1 N–H and O–H groups in total. The first-order valence-electron chi connectivity index (χ1n) is 5.42. The van der Waals surface area contributed by atoms with Gasteiger partial charge in [-0.05, 0) is 29.2 Å². The number of hydrogen-bond acceptors (Lipinski definition) is 3. The Morgan fingerprint density at radius 2 is 1.75 bits per heavy atom. The lowest BCUT2D eigenvalue weighted by molar-refractivity contribution is 0.177. The van der Waals surface area contributed by atoms with Crippen molar-refractivity contribution < 1.29 is 14.6 Å². The minimum atomic E-state index is 0.285. The molecule has 1 rings (SSSR count). The van der Waals surface area contributed by atoms with Gasteiger partial charge in [0.25, 0.3) is 0 Å². The Labute approximate surface area is 97.0 Å². The van der Waals surface area contributed by atoms with E-state index in [1.54, 1.807) is 14.2 Å². The molecule has 1 aromatic carbocycles. The maximum atomic E-state index is 10.1. The van der Waals surface area contributed by atoms with Crippen molar-refractivity contribution in [1.82, 2.24) is 0 Å². The van der Waals surface area contributed by atoms with Crippen LogP contribution in [0.25, 0.3) is 0 Å². The van der Waals surface area contributed by atoms with Crippen LogP contribution in [0.15, 0.2) is 12.1 Å². The van der Waals surface area contributed by atoms with Gasteiger partial charge in [0.05, 0.1) is 13.2 Å². The Balaban J connectivity index is 3.16. The highest BCUT2D eigenvalue weighted by Gasteiger charge is 2.12. The van der Waals surface area contributed by atoms with Gasteiger partial charge in [0, 0.05) is 19.8 Å². The average Bonchev–Trinajstić information content (AvgIpc) is 2.23. The van der Waals surface area contributed by atoms with Crippen molar-refractivity contribution in [1.29, 1.82) is 0 Å². The zero-order valence-electron chi connectivity index (χ0n) is 10.4. The molecule has 0 fully saturated rings. The van der Waals surface area contributed by atoms with E-state index in [4.69, 9.17) is 9.47 Å². The number of benzene rings is 1. The van der Waals surface area contributed by atoms with E-state index in [2.05, 4.69) is 13.8 Å². The summed E-state index contributed by atoms with van der Waals surface area (Å²) < 4.78 is 10.2. The molecule has 3 heteroatoms. The van der Waals surface area contributed by atoms with Crippen LogP contribution in [0, 0.1) is 0 Å². The van der Waals surface area contributed by atoms with Gasteiger partial charge in [0.2, 0.25) is 0 Å². The molecule has 0 heterocycles. The van der Waals surface area contributed by atoms with Gasteiger partial charge < -0.3 is 14.6 Å². The number of hydrogen-bond donors (Lipinski definition) is 1. The van der Waals surface area contributed by atoms with Crippen molar-refractivity contribution in [3.8, 4) is 5.75 Å². The quantitative estimate of drug-likeness (QED) is 0.835. The summed E-state index contributed by atoms with van der Waals surface area (Å²) in [6, 6.07) is 3.91. The van der Waals surface area contributed by atoms with Gasteiger partial charge in [-0.1, -0.05) is 13.8 Å². The number of methoxy groups -OCH3 is 2. The van der Waals surface area contributed by atoms with Gasteiger partial charge in [0.1, 0.15) is 5.75 Å². The van der Waals surface area contributed by atoms with E-state index in [0.717, 1.165) is 16.7 Å². The zero-order valence-corrected chi connectivity index (χ0v) is 10.4. The topological polar surface area (TPSA) is 38.7 Å². The van der Waals surface area contributed by atoms with E-state index in [1.807, 2.05) is 12.1 Å². The zero-order chi connectivity index (χ0) is 12.1. The van der Waals surface area contributed by atoms with Crippen LogP contribution in [0.1, 0.15) is 36.5 Å². The lowest BCUT2D eigenvalue weighted by Gasteiger charge is -2.14. The molecular weight excluding hydrogens is 204 g/mol. The van der Waals surface area contributed by atoms with Crippen LogP contribution < -0.4 is 0 Å². The Bertz CT molecular complexity index is 345. The highest BCUT2D eigenvalue weighted by Crippen LogP contribution is 2.31. The standard InChI is InChI=1S/C13H20O3/c1-9(2)12-6-10(7-15-3)5-11(8-16-4)13(12)14/h5-6,9,14H,7-8H2,1-4H3. The third-order valence-electron chi connectivity index (χ3n) is 2.51. The first kappa shape index (κ1) is 13.0. The van der Waals surface area contributed by atoms with E-state index < -0.39 is 0 Å². The van der Waals surface area contributed by atoms with E-state index in [9.17, 15) is 5.11 Å². The third-order valence-corrected chi connectivity index (χ3v) is 2.51. The van der Waals surface area contributed by atoms with Gasteiger partial charge in [-0.25, -0.2) is 0 Å². The highest BCUT2D eigenvalue weighted by atomic mass is 16.5. The first-order valence-corrected chi connectivity index (χ1v) is 5.42. The van der Waals surface area contributed by atoms with Crippen molar-refractivity contribution in [2.45, 2.75) is 33.0 Å². The maximum absolute atomic E-state index is 10.1. The van der Waals surface area contributed by atoms with Gasteiger partial charge in [0.15, 0.2) is 0 Å². The van der Waals surface area contributed by atoms with Gasteiger partial charge >= 0.3 is 0 Å². The lowest BCUT2D eigenvalue weighted by atomic mass is 9.96. The molecule has 0 aromatic heterocycles. The molecule has 0 spiro atoms. The molecule has 3 nitrogen and oxygen atoms in total. The summed E-state index contributed by atoms with van der Waals surface area (Å²) in [5.41, 5.74) is 2.83. The predicted octanol–water partition coefficient (Wildman–Crippen LogP) is 2.81. The SMILES string of the molecule is COCc1cc(COC)c(O)c(C(C)C)c1. The molecule has 0 aliphatic rings. The van der Waals surface area contributed by atoms with Gasteiger partial charge in [-0.3, -0.25) is 0 Å². The first-order chi connectivity index (χ1) is 7.60. The van der Waals surface area contributed by atoms with Crippen molar-refractivity contribution in [2.75, 3.05) is 14.2 Å². The number of phenols is 1. The lowest BCUT2D eigenvalue weighted by Crippen LogP contribution is -1.99. The minimum absolute atomic E-state index is 0.285. The van der Waals surface area contributed by atoms with Crippen LogP contribution in [0.3, 0.4) is 0 Å². The third kappa shape index (κ3) is 2.97. The summed E-state index contributed by atoms with van der Waals surface area (Å²) in [6.45, 7) is 5.09. The molecular formula is C13H20O3. The molecule has 0 saturated heterocycles. The van der Waals surface area contributed by atoms with Crippen molar-refractivity contribution in [3.05, 3.63) is 28.8 Å². The van der Waals surface area contributed by atoms with Crippen molar-refractivity contribution >= 4 is 0 Å². The Morgan fingerprint density at radius 3 is 2.25 bits per heavy atom. The molecule has 0 aliphatic heterocycles. The van der Waals surface area contributed by atoms with E-state index in [0.29, 0.717) is 19.0 Å². The Hall–Kier alpha value is -1.06. The highest BCUT2D eigenvalue weighted by molar-refractivity contribution is 5.45. The van der Waals surface area contributed by atoms with E-state index >= 15 is 0 Å². The fraction of sp³-hybridized carbons (Fsp3) is 0.538. The van der Waals surface area contributed by atoms with E-state index in [-0.39, 0.29) is 5.92 Å². The average molecular weight is 224 g/mol. The molecule has 90 valence electrons. The van der Waals surface area contributed by atoms with Crippen molar-refractivity contribution in [2.24, 2.45) is 0 Å². The normalized spacial score (nSPS) is 11.1. The fourth-order valence-electron chi connectivity index (χ4n) is 1.74. The number of aromatic hydroxyl groups is 1. The second kappa shape index (κ2) is 5.87. The predicted molar refractivity (Wildman–Crippen MR) is 63.6 cm³/mol. The molecule has 0 bridgehead atoms. The van der Waals surface area contributed by atoms with Crippen LogP contribution >= 0.6 is 0 Å². The second-order valence-corrected chi connectivity index (χ2v) is 4.21. The van der Waals surface area contributed by atoms with E-state index in [1.165, 1.54) is 0 Å². The molecule has 0 atom stereocenters. The molecule has 0 amide bonds. The number of rotatable bonds is 5. The maximum Gasteiger partial charge on any atom is 0.124 e. The van der Waals surface area contributed by atoms with Gasteiger partial charge in [-0.2, -0.15) is 0 Å². The van der Waals surface area contributed by atoms with Crippen LogP contribution in [0.5, 0.6) is 5.75 Å². The van der Waals surface area contributed by atoms with Crippen LogP contribution in [0.2, 0.25) is 0 Å². The summed E-state index contributed by atoms with van der Waals surface area (Å²) in [5.74, 6) is 0.629. The monoisotopic (exact) mass is 224 g/mol. The largest absolute Gasteiger partial charge is 0.507 e. The van der Waals surface area contributed by atoms with Crippen LogP contribution in [0.4, 0.5) is 0 Å². The molecule has 16 heavy (non-hydrogen) atoms. The van der Waals surface area contributed by atoms with Crippen LogP contribution in [-0.2, 0) is 22.7 Å². The smallest absolute Gasteiger partial charge is 0.124 e. The summed E-state index contributed by atoms with van der Waals surface area (Å²) in [6.07, 6.45) is 0. The summed E-state index contributed by atoms with van der Waals surface area (Å²) in [7, 11) is 3.29. The number of ether oxygens (including phenoxy) is 2. The Morgan fingerprint density at radius 1 is 1.12 bits per heavy atom. The fourth-order valence-corrected chi connectivity index (χ4v) is 1.74. The molecule has 0 radical (unpaired) electrons. The molecule has 0 aliphatic carbocycles. The van der Waals surface area contributed by atoms with Crippen molar-refractivity contribution in [3.63, 3.8) is 0 Å². The Kier molecular flexibility index (Phi) is 4.77. The molecule has 0 unspecified atom stereocenters. The number of phenolic OH excluding ortho intramolecular Hbond substituents is 1. The van der Waals surface area contributed by atoms with Gasteiger partial charge in [-0.15, -0.1) is 0 Å². The summed E-state index contributed by atoms with van der Waals surface area (Å²) in [4.78, 5) is 0. The van der Waals surface area contributed by atoms with Crippen LogP contribution in [-0.4, -0.2) is 19.3 Å². The minimum Gasteiger partial charge on any atom is -0.507 e.